The molecule has 0 aliphatic carbocycles. The molecule has 6 nitrogen and oxygen atoms in total. The van der Waals surface area contributed by atoms with E-state index in [4.69, 9.17) is 9.84 Å². The number of carboxylic acid groups (broad SMARTS) is 1. The predicted octanol–water partition coefficient (Wildman–Crippen LogP) is 5.00. The third-order valence-corrected chi connectivity index (χ3v) is 5.93. The molecule has 1 heterocycles. The van der Waals surface area contributed by atoms with E-state index in [-0.39, 0.29) is 17.7 Å². The molecule has 2 aromatic rings. The number of aryl methyl sites for hydroxylation is 1. The number of carbonyl (C=O) groups is 2. The van der Waals surface area contributed by atoms with Crippen molar-refractivity contribution in [2.24, 2.45) is 0 Å². The lowest BCUT2D eigenvalue weighted by Gasteiger charge is -2.33. The minimum Gasteiger partial charge on any atom is -0.478 e. The SMILES string of the molecule is O=C(O)c1ccc(CCCN2C(=O)OCCC2C=CC(O)C(F)(F)c2cccc(Br)c2)cc1. The number of aromatic carboxylic acids is 1. The van der Waals surface area contributed by atoms with Crippen LogP contribution in [-0.2, 0) is 17.1 Å². The Morgan fingerprint density at radius 2 is 2.00 bits per heavy atom. The van der Waals surface area contributed by atoms with Gasteiger partial charge in [0.05, 0.1) is 18.2 Å². The number of halogens is 3. The lowest BCUT2D eigenvalue weighted by molar-refractivity contribution is -0.0930. The van der Waals surface area contributed by atoms with E-state index in [0.29, 0.717) is 30.3 Å². The van der Waals surface area contributed by atoms with Crippen LogP contribution in [-0.4, -0.2) is 52.5 Å². The highest BCUT2D eigenvalue weighted by molar-refractivity contribution is 9.10. The summed E-state index contributed by atoms with van der Waals surface area (Å²) in [6.45, 7) is 0.492. The molecule has 0 radical (unpaired) electrons. The van der Waals surface area contributed by atoms with Gasteiger partial charge in [-0.1, -0.05) is 52.3 Å². The van der Waals surface area contributed by atoms with Crippen molar-refractivity contribution in [2.45, 2.75) is 37.3 Å². The monoisotopic (exact) mass is 523 g/mol. The van der Waals surface area contributed by atoms with Gasteiger partial charge >= 0.3 is 18.0 Å². The molecule has 2 aromatic carbocycles. The second-order valence-corrected chi connectivity index (χ2v) is 8.65. The summed E-state index contributed by atoms with van der Waals surface area (Å²) < 4.78 is 34.9. The van der Waals surface area contributed by atoms with Gasteiger partial charge in [0.2, 0.25) is 0 Å². The van der Waals surface area contributed by atoms with Crippen molar-refractivity contribution in [3.05, 3.63) is 81.8 Å². The van der Waals surface area contributed by atoms with Gasteiger partial charge in [0.1, 0.15) is 6.10 Å². The molecule has 2 unspecified atom stereocenters. The molecule has 1 fully saturated rings. The molecule has 176 valence electrons. The van der Waals surface area contributed by atoms with E-state index in [9.17, 15) is 23.5 Å². The van der Waals surface area contributed by atoms with E-state index in [2.05, 4.69) is 15.9 Å². The number of carbonyl (C=O) groups excluding carboxylic acids is 1. The summed E-state index contributed by atoms with van der Waals surface area (Å²) in [5, 5.41) is 19.1. The number of amides is 1. The van der Waals surface area contributed by atoms with Crippen molar-refractivity contribution < 1.29 is 33.3 Å². The molecule has 1 saturated heterocycles. The number of alkyl halides is 2. The van der Waals surface area contributed by atoms with Crippen molar-refractivity contribution >= 4 is 28.0 Å². The van der Waals surface area contributed by atoms with E-state index >= 15 is 0 Å². The molecule has 3 rings (SSSR count). The molecule has 1 aliphatic heterocycles. The van der Waals surface area contributed by atoms with E-state index in [1.54, 1.807) is 18.2 Å². The van der Waals surface area contributed by atoms with E-state index < -0.39 is 30.1 Å². The van der Waals surface area contributed by atoms with Crippen molar-refractivity contribution in [3.8, 4) is 0 Å². The zero-order chi connectivity index (χ0) is 24.0. The number of cyclic esters (lactones) is 1. The lowest BCUT2D eigenvalue weighted by Crippen LogP contribution is -2.45. The van der Waals surface area contributed by atoms with Crippen LogP contribution in [0.5, 0.6) is 0 Å². The molecular formula is C24H24BrF2NO5. The van der Waals surface area contributed by atoms with Crippen LogP contribution in [0.1, 0.15) is 34.3 Å². The Balaban J connectivity index is 1.62. The summed E-state index contributed by atoms with van der Waals surface area (Å²) in [6, 6.07) is 11.6. The number of carboxylic acids is 1. The molecule has 0 bridgehead atoms. The Kier molecular flexibility index (Phi) is 8.20. The van der Waals surface area contributed by atoms with Gasteiger partial charge in [0.25, 0.3) is 0 Å². The minimum absolute atomic E-state index is 0.166. The second kappa shape index (κ2) is 10.9. The number of rotatable bonds is 9. The quantitative estimate of drug-likeness (QED) is 0.451. The standard InChI is InChI=1S/C24H24BrF2NO5/c25-19-5-1-4-18(15-19)24(26,27)21(29)11-10-20-12-14-33-23(32)28(20)13-2-3-16-6-8-17(9-7-16)22(30)31/h1,4-11,15,20-21,29H,2-3,12-14H2,(H,30,31). The fraction of sp³-hybridized carbons (Fsp3) is 0.333. The van der Waals surface area contributed by atoms with Crippen molar-refractivity contribution in [3.63, 3.8) is 0 Å². The van der Waals surface area contributed by atoms with Crippen molar-refractivity contribution in [2.75, 3.05) is 13.2 Å². The lowest BCUT2D eigenvalue weighted by atomic mass is 10.0. The van der Waals surface area contributed by atoms with E-state index in [1.165, 1.54) is 41.3 Å². The van der Waals surface area contributed by atoms with Gasteiger partial charge in [0.15, 0.2) is 0 Å². The van der Waals surface area contributed by atoms with Crippen LogP contribution in [0.15, 0.2) is 65.2 Å². The van der Waals surface area contributed by atoms with Crippen LogP contribution < -0.4 is 0 Å². The smallest absolute Gasteiger partial charge is 0.410 e. The van der Waals surface area contributed by atoms with Gasteiger partial charge in [-0.05, 0) is 42.7 Å². The first-order chi connectivity index (χ1) is 15.7. The average molecular weight is 524 g/mol. The third kappa shape index (κ3) is 6.39. The van der Waals surface area contributed by atoms with Gasteiger partial charge in [-0.2, -0.15) is 8.78 Å². The molecule has 1 amide bonds. The van der Waals surface area contributed by atoms with Crippen LogP contribution in [0, 0.1) is 0 Å². The zero-order valence-corrected chi connectivity index (χ0v) is 19.3. The van der Waals surface area contributed by atoms with Crippen molar-refractivity contribution in [1.29, 1.82) is 0 Å². The first-order valence-electron chi connectivity index (χ1n) is 10.4. The first kappa shape index (κ1) is 24.9. The molecule has 2 atom stereocenters. The fourth-order valence-electron chi connectivity index (χ4n) is 3.59. The highest BCUT2D eigenvalue weighted by Gasteiger charge is 2.39. The molecule has 0 aromatic heterocycles. The number of benzene rings is 2. The Morgan fingerprint density at radius 1 is 1.27 bits per heavy atom. The van der Waals surface area contributed by atoms with Crippen molar-refractivity contribution in [1.82, 2.24) is 4.90 Å². The van der Waals surface area contributed by atoms with Crippen LogP contribution in [0.2, 0.25) is 0 Å². The summed E-state index contributed by atoms with van der Waals surface area (Å²) in [7, 11) is 0. The number of ether oxygens (including phenoxy) is 1. The number of aliphatic hydroxyl groups is 1. The Morgan fingerprint density at radius 3 is 2.67 bits per heavy atom. The van der Waals surface area contributed by atoms with Crippen LogP contribution in [0.4, 0.5) is 13.6 Å². The van der Waals surface area contributed by atoms with Gasteiger partial charge in [-0.3, -0.25) is 0 Å². The summed E-state index contributed by atoms with van der Waals surface area (Å²) in [5.74, 6) is -4.50. The number of nitrogens with zero attached hydrogens (tertiary/aromatic N) is 1. The summed E-state index contributed by atoms with van der Waals surface area (Å²) >= 11 is 3.15. The molecule has 1 aliphatic rings. The summed E-state index contributed by atoms with van der Waals surface area (Å²) in [4.78, 5) is 24.7. The topological polar surface area (TPSA) is 87.1 Å². The highest BCUT2D eigenvalue weighted by atomic mass is 79.9. The molecule has 9 heteroatoms. The van der Waals surface area contributed by atoms with Gasteiger partial charge in [0, 0.05) is 23.0 Å². The normalized spacial score (nSPS) is 17.8. The van der Waals surface area contributed by atoms with Crippen LogP contribution in [0.25, 0.3) is 0 Å². The first-order valence-corrected chi connectivity index (χ1v) is 11.2. The Hall–Kier alpha value is -2.78. The molecule has 33 heavy (non-hydrogen) atoms. The largest absolute Gasteiger partial charge is 0.478 e. The fourth-order valence-corrected chi connectivity index (χ4v) is 3.99. The zero-order valence-electron chi connectivity index (χ0n) is 17.7. The van der Waals surface area contributed by atoms with Gasteiger partial charge < -0.3 is 19.8 Å². The molecule has 0 saturated carbocycles. The summed E-state index contributed by atoms with van der Waals surface area (Å²) in [5.41, 5.74) is 0.797. The van der Waals surface area contributed by atoms with E-state index in [0.717, 1.165) is 11.6 Å². The minimum atomic E-state index is -3.50. The maximum Gasteiger partial charge on any atom is 0.410 e. The number of aliphatic hydroxyl groups excluding tert-OH is 1. The highest BCUT2D eigenvalue weighted by Crippen LogP contribution is 2.34. The Labute approximate surface area is 198 Å². The maximum atomic E-state index is 14.7. The third-order valence-electron chi connectivity index (χ3n) is 5.44. The van der Waals surface area contributed by atoms with Crippen LogP contribution in [0.3, 0.4) is 0 Å². The summed E-state index contributed by atoms with van der Waals surface area (Å²) in [6.07, 6.45) is 1.46. The molecular weight excluding hydrogens is 500 g/mol. The van der Waals surface area contributed by atoms with E-state index in [1.807, 2.05) is 0 Å². The second-order valence-electron chi connectivity index (χ2n) is 7.73. The Bertz CT molecular complexity index is 1010. The number of hydrogen-bond donors (Lipinski definition) is 2. The van der Waals surface area contributed by atoms with Crippen LogP contribution >= 0.6 is 15.9 Å². The number of hydrogen-bond acceptors (Lipinski definition) is 4. The molecule has 2 N–H and O–H groups in total. The van der Waals surface area contributed by atoms with Gasteiger partial charge in [-0.15, -0.1) is 0 Å². The van der Waals surface area contributed by atoms with Gasteiger partial charge in [-0.25, -0.2) is 9.59 Å². The molecule has 0 spiro atoms. The predicted molar refractivity (Wildman–Crippen MR) is 121 cm³/mol. The maximum absolute atomic E-state index is 14.7. The average Bonchev–Trinajstić information content (AvgIpc) is 2.79.